The second-order valence-corrected chi connectivity index (χ2v) is 5.10. The van der Waals surface area contributed by atoms with Gasteiger partial charge in [-0.1, -0.05) is 13.3 Å². The minimum absolute atomic E-state index is 0.217. The number of benzene rings is 1. The zero-order chi connectivity index (χ0) is 15.4. The first-order valence-corrected chi connectivity index (χ1v) is 7.03. The number of rotatable bonds is 5. The van der Waals surface area contributed by atoms with Crippen LogP contribution < -0.4 is 10.2 Å². The van der Waals surface area contributed by atoms with E-state index in [1.54, 1.807) is 18.7 Å². The molecular weight excluding hydrogens is 272 g/mol. The molecule has 1 aromatic carbocycles. The van der Waals surface area contributed by atoms with Crippen LogP contribution in [-0.4, -0.2) is 41.6 Å². The number of hydrogen-bond acceptors (Lipinski definition) is 4. The van der Waals surface area contributed by atoms with Crippen LogP contribution in [0.1, 0.15) is 35.7 Å². The van der Waals surface area contributed by atoms with Crippen LogP contribution in [0.4, 0.5) is 0 Å². The highest BCUT2D eigenvalue weighted by atomic mass is 16.5. The van der Waals surface area contributed by atoms with E-state index in [9.17, 15) is 9.59 Å². The van der Waals surface area contributed by atoms with E-state index in [0.717, 1.165) is 18.4 Å². The Hall–Kier alpha value is -2.08. The number of hydroxylamine groups is 1. The molecule has 6 heteroatoms. The molecule has 1 aromatic rings. The summed E-state index contributed by atoms with van der Waals surface area (Å²) in [7, 11) is 1.56. The molecule has 0 saturated carbocycles. The second kappa shape index (κ2) is 6.58. The normalized spacial score (nSPS) is 17.1. The predicted molar refractivity (Wildman–Crippen MR) is 76.4 cm³/mol. The van der Waals surface area contributed by atoms with E-state index >= 15 is 0 Å². The third kappa shape index (κ3) is 3.16. The van der Waals surface area contributed by atoms with Crippen molar-refractivity contribution in [3.8, 4) is 5.75 Å². The van der Waals surface area contributed by atoms with Gasteiger partial charge in [0, 0.05) is 12.1 Å². The number of methoxy groups -OCH3 is 1. The Morgan fingerprint density at radius 2 is 2.19 bits per heavy atom. The standard InChI is InChI=1S/C15H20N2O4/c1-3-4-10-7-11(9-12(8-10)21-2)15(19)17-6-5-13(17)14(18)16-20/h7-9,13,20H,3-6H2,1-2H3,(H,16,18). The summed E-state index contributed by atoms with van der Waals surface area (Å²) in [5, 5.41) is 8.68. The molecule has 1 saturated heterocycles. The number of amides is 2. The van der Waals surface area contributed by atoms with Crippen LogP contribution in [0.25, 0.3) is 0 Å². The van der Waals surface area contributed by atoms with Crippen molar-refractivity contribution in [1.82, 2.24) is 10.4 Å². The fourth-order valence-corrected chi connectivity index (χ4v) is 2.48. The molecule has 2 rings (SSSR count). The average Bonchev–Trinajstić information content (AvgIpc) is 2.45. The van der Waals surface area contributed by atoms with Crippen LogP contribution in [0.2, 0.25) is 0 Å². The third-order valence-corrected chi connectivity index (χ3v) is 3.68. The lowest BCUT2D eigenvalue weighted by Crippen LogP contribution is -2.57. The molecular formula is C15H20N2O4. The smallest absolute Gasteiger partial charge is 0.266 e. The minimum atomic E-state index is -0.594. The van der Waals surface area contributed by atoms with Gasteiger partial charge in [0.05, 0.1) is 7.11 Å². The molecule has 0 radical (unpaired) electrons. The molecule has 0 aromatic heterocycles. The molecule has 0 spiro atoms. The Morgan fingerprint density at radius 3 is 2.71 bits per heavy atom. The summed E-state index contributed by atoms with van der Waals surface area (Å²) in [5.41, 5.74) is 3.14. The number of carbonyl (C=O) groups is 2. The van der Waals surface area contributed by atoms with Crippen LogP contribution in [0, 0.1) is 0 Å². The molecule has 0 aliphatic carbocycles. The van der Waals surface area contributed by atoms with Crippen molar-refractivity contribution in [2.75, 3.05) is 13.7 Å². The van der Waals surface area contributed by atoms with E-state index in [4.69, 9.17) is 9.94 Å². The average molecular weight is 292 g/mol. The first-order chi connectivity index (χ1) is 10.1. The van der Waals surface area contributed by atoms with Gasteiger partial charge >= 0.3 is 0 Å². The van der Waals surface area contributed by atoms with Crippen molar-refractivity contribution < 1.29 is 19.5 Å². The molecule has 2 N–H and O–H groups in total. The molecule has 0 bridgehead atoms. The van der Waals surface area contributed by atoms with E-state index < -0.39 is 11.9 Å². The number of carbonyl (C=O) groups excluding carboxylic acids is 2. The zero-order valence-corrected chi connectivity index (χ0v) is 12.3. The molecule has 1 atom stereocenters. The van der Waals surface area contributed by atoms with Gasteiger partial charge in [-0.3, -0.25) is 14.8 Å². The molecule has 1 unspecified atom stereocenters. The van der Waals surface area contributed by atoms with Crippen molar-refractivity contribution in [3.63, 3.8) is 0 Å². The van der Waals surface area contributed by atoms with E-state index in [0.29, 0.717) is 24.3 Å². The van der Waals surface area contributed by atoms with Crippen molar-refractivity contribution in [2.24, 2.45) is 0 Å². The van der Waals surface area contributed by atoms with Crippen LogP contribution in [0.5, 0.6) is 5.75 Å². The summed E-state index contributed by atoms with van der Waals surface area (Å²) in [5.74, 6) is -0.134. The lowest BCUT2D eigenvalue weighted by atomic mass is 9.99. The summed E-state index contributed by atoms with van der Waals surface area (Å²) in [6.45, 7) is 2.58. The molecule has 1 aliphatic rings. The Kier molecular flexibility index (Phi) is 4.80. The fourth-order valence-electron chi connectivity index (χ4n) is 2.48. The number of nitrogens with one attached hydrogen (secondary N) is 1. The van der Waals surface area contributed by atoms with Crippen molar-refractivity contribution in [2.45, 2.75) is 32.2 Å². The monoisotopic (exact) mass is 292 g/mol. The largest absolute Gasteiger partial charge is 0.497 e. The highest BCUT2D eigenvalue weighted by Gasteiger charge is 2.38. The SMILES string of the molecule is CCCc1cc(OC)cc(C(=O)N2CCC2C(=O)NO)c1. The molecule has 1 heterocycles. The summed E-state index contributed by atoms with van der Waals surface area (Å²) in [4.78, 5) is 25.4. The molecule has 21 heavy (non-hydrogen) atoms. The van der Waals surface area contributed by atoms with E-state index in [-0.39, 0.29) is 5.91 Å². The summed E-state index contributed by atoms with van der Waals surface area (Å²) >= 11 is 0. The quantitative estimate of drug-likeness (QED) is 0.634. The Bertz CT molecular complexity index is 544. The number of nitrogens with zero attached hydrogens (tertiary/aromatic N) is 1. The molecule has 6 nitrogen and oxygen atoms in total. The number of aryl methyl sites for hydroxylation is 1. The number of hydrogen-bond donors (Lipinski definition) is 2. The second-order valence-electron chi connectivity index (χ2n) is 5.10. The molecule has 1 fully saturated rings. The third-order valence-electron chi connectivity index (χ3n) is 3.68. The van der Waals surface area contributed by atoms with Crippen molar-refractivity contribution in [3.05, 3.63) is 29.3 Å². The van der Waals surface area contributed by atoms with E-state index in [2.05, 4.69) is 6.92 Å². The van der Waals surface area contributed by atoms with Gasteiger partial charge in [0.15, 0.2) is 0 Å². The summed E-state index contributed by atoms with van der Waals surface area (Å²) < 4.78 is 5.23. The predicted octanol–water partition coefficient (Wildman–Crippen LogP) is 1.37. The van der Waals surface area contributed by atoms with Gasteiger partial charge in [0.25, 0.3) is 11.8 Å². The van der Waals surface area contributed by atoms with Gasteiger partial charge in [-0.2, -0.15) is 0 Å². The van der Waals surface area contributed by atoms with Crippen LogP contribution in [0.15, 0.2) is 18.2 Å². The van der Waals surface area contributed by atoms with Gasteiger partial charge in [-0.05, 0) is 36.6 Å². The maximum atomic E-state index is 12.5. The maximum absolute atomic E-state index is 12.5. The highest BCUT2D eigenvalue weighted by Crippen LogP contribution is 2.24. The summed E-state index contributed by atoms with van der Waals surface area (Å²) in [6.07, 6.45) is 2.39. The maximum Gasteiger partial charge on any atom is 0.266 e. The lowest BCUT2D eigenvalue weighted by molar-refractivity contribution is -0.137. The summed E-state index contributed by atoms with van der Waals surface area (Å²) in [6, 6.07) is 4.83. The molecule has 1 aliphatic heterocycles. The van der Waals surface area contributed by atoms with E-state index in [1.165, 1.54) is 4.90 Å². The Balaban J connectivity index is 2.22. The van der Waals surface area contributed by atoms with Gasteiger partial charge in [0.2, 0.25) is 0 Å². The van der Waals surface area contributed by atoms with Crippen LogP contribution in [-0.2, 0) is 11.2 Å². The van der Waals surface area contributed by atoms with Gasteiger partial charge in [0.1, 0.15) is 11.8 Å². The number of ether oxygens (including phenoxy) is 1. The van der Waals surface area contributed by atoms with E-state index in [1.807, 2.05) is 12.1 Å². The fraction of sp³-hybridized carbons (Fsp3) is 0.467. The molecule has 114 valence electrons. The first kappa shape index (κ1) is 15.3. The zero-order valence-electron chi connectivity index (χ0n) is 12.3. The van der Waals surface area contributed by atoms with Crippen LogP contribution >= 0.6 is 0 Å². The highest BCUT2D eigenvalue weighted by molar-refractivity contribution is 5.99. The molecule has 2 amide bonds. The number of likely N-dealkylation sites (tertiary alicyclic amines) is 1. The minimum Gasteiger partial charge on any atom is -0.497 e. The van der Waals surface area contributed by atoms with Crippen LogP contribution in [0.3, 0.4) is 0 Å². The van der Waals surface area contributed by atoms with Crippen molar-refractivity contribution >= 4 is 11.8 Å². The first-order valence-electron chi connectivity index (χ1n) is 7.03. The Labute approximate surface area is 123 Å². The van der Waals surface area contributed by atoms with Gasteiger partial charge in [-0.15, -0.1) is 0 Å². The topological polar surface area (TPSA) is 78.9 Å². The van der Waals surface area contributed by atoms with Gasteiger partial charge in [-0.25, -0.2) is 5.48 Å². The van der Waals surface area contributed by atoms with Crippen molar-refractivity contribution in [1.29, 1.82) is 0 Å². The van der Waals surface area contributed by atoms with Gasteiger partial charge < -0.3 is 9.64 Å². The lowest BCUT2D eigenvalue weighted by Gasteiger charge is -2.39. The Morgan fingerprint density at radius 1 is 1.43 bits per heavy atom.